The number of carbonyl (C=O) groups is 1. The number of ether oxygens (including phenoxy) is 1. The number of hydrogen-bond donors (Lipinski definition) is 2. The molecule has 7 heteroatoms. The molecule has 0 bridgehead atoms. The molecule has 0 heterocycles. The standard InChI is InChI=1S/C19H24N2O4S/c1-13-8-9-18(14(2)10-13)25-12-19(22)21-15(3)16-6-5-7-17(11-16)26(23,24)20-4/h5-11,15,20H,12H2,1-4H3,(H,21,22). The highest BCUT2D eigenvalue weighted by Gasteiger charge is 2.15. The summed E-state index contributed by atoms with van der Waals surface area (Å²) in [7, 11) is -2.17. The number of carbonyl (C=O) groups excluding carboxylic acids is 1. The summed E-state index contributed by atoms with van der Waals surface area (Å²) >= 11 is 0. The van der Waals surface area contributed by atoms with Crippen molar-refractivity contribution in [2.75, 3.05) is 13.7 Å². The summed E-state index contributed by atoms with van der Waals surface area (Å²) in [4.78, 5) is 12.3. The Labute approximate surface area is 154 Å². The van der Waals surface area contributed by atoms with Crippen LogP contribution < -0.4 is 14.8 Å². The maximum absolute atomic E-state index is 12.1. The third-order valence-electron chi connectivity index (χ3n) is 4.00. The molecule has 1 unspecified atom stereocenters. The van der Waals surface area contributed by atoms with Crippen LogP contribution in [0.5, 0.6) is 5.75 Å². The van der Waals surface area contributed by atoms with Gasteiger partial charge in [-0.15, -0.1) is 0 Å². The van der Waals surface area contributed by atoms with E-state index in [1.807, 2.05) is 32.0 Å². The summed E-state index contributed by atoms with van der Waals surface area (Å²) in [6.45, 7) is 5.60. The van der Waals surface area contributed by atoms with Crippen LogP contribution in [0.4, 0.5) is 0 Å². The van der Waals surface area contributed by atoms with E-state index in [0.29, 0.717) is 11.3 Å². The summed E-state index contributed by atoms with van der Waals surface area (Å²) < 4.78 is 31.6. The van der Waals surface area contributed by atoms with Gasteiger partial charge in [0.25, 0.3) is 5.91 Å². The number of sulfonamides is 1. The Kier molecular flexibility index (Phi) is 6.39. The summed E-state index contributed by atoms with van der Waals surface area (Å²) in [5, 5.41) is 2.81. The van der Waals surface area contributed by atoms with Crippen LogP contribution in [-0.2, 0) is 14.8 Å². The van der Waals surface area contributed by atoms with Crippen LogP contribution in [0, 0.1) is 13.8 Å². The summed E-state index contributed by atoms with van der Waals surface area (Å²) in [5.41, 5.74) is 2.79. The molecule has 0 fully saturated rings. The van der Waals surface area contributed by atoms with Gasteiger partial charge in [-0.1, -0.05) is 29.8 Å². The van der Waals surface area contributed by atoms with Crippen molar-refractivity contribution in [3.05, 3.63) is 59.2 Å². The van der Waals surface area contributed by atoms with E-state index in [2.05, 4.69) is 10.0 Å². The molecular weight excluding hydrogens is 352 g/mol. The zero-order valence-electron chi connectivity index (χ0n) is 15.4. The molecule has 0 saturated heterocycles. The second kappa shape index (κ2) is 8.33. The number of nitrogens with one attached hydrogen (secondary N) is 2. The van der Waals surface area contributed by atoms with Crippen molar-refractivity contribution in [2.24, 2.45) is 0 Å². The molecule has 0 saturated carbocycles. The molecule has 2 aromatic carbocycles. The van der Waals surface area contributed by atoms with Gasteiger partial charge >= 0.3 is 0 Å². The van der Waals surface area contributed by atoms with Crippen LogP contribution >= 0.6 is 0 Å². The predicted molar refractivity (Wildman–Crippen MR) is 101 cm³/mol. The first-order valence-electron chi connectivity index (χ1n) is 8.26. The highest BCUT2D eigenvalue weighted by molar-refractivity contribution is 7.89. The number of hydrogen-bond acceptors (Lipinski definition) is 4. The van der Waals surface area contributed by atoms with Crippen molar-refractivity contribution >= 4 is 15.9 Å². The fourth-order valence-corrected chi connectivity index (χ4v) is 3.32. The third kappa shape index (κ3) is 5.06. The molecule has 2 aromatic rings. The average molecular weight is 376 g/mol. The molecule has 0 aliphatic heterocycles. The fraction of sp³-hybridized carbons (Fsp3) is 0.316. The van der Waals surface area contributed by atoms with Gasteiger partial charge in [0.15, 0.2) is 6.61 Å². The largest absolute Gasteiger partial charge is 0.484 e. The summed E-state index contributed by atoms with van der Waals surface area (Å²) in [5.74, 6) is 0.389. The number of rotatable bonds is 7. The van der Waals surface area contributed by atoms with E-state index in [1.54, 1.807) is 25.1 Å². The van der Waals surface area contributed by atoms with Crippen LogP contribution in [-0.4, -0.2) is 28.0 Å². The zero-order valence-corrected chi connectivity index (χ0v) is 16.2. The molecule has 0 aliphatic carbocycles. The quantitative estimate of drug-likeness (QED) is 0.777. The van der Waals surface area contributed by atoms with Crippen molar-refractivity contribution < 1.29 is 17.9 Å². The van der Waals surface area contributed by atoms with Gasteiger partial charge in [0.2, 0.25) is 10.0 Å². The molecule has 6 nitrogen and oxygen atoms in total. The van der Waals surface area contributed by atoms with E-state index in [9.17, 15) is 13.2 Å². The van der Waals surface area contributed by atoms with Gasteiger partial charge in [-0.2, -0.15) is 0 Å². The topological polar surface area (TPSA) is 84.5 Å². The van der Waals surface area contributed by atoms with Crippen molar-refractivity contribution in [2.45, 2.75) is 31.7 Å². The second-order valence-electron chi connectivity index (χ2n) is 6.13. The van der Waals surface area contributed by atoms with Gasteiger partial charge in [-0.25, -0.2) is 13.1 Å². The van der Waals surface area contributed by atoms with E-state index in [4.69, 9.17) is 4.74 Å². The predicted octanol–water partition coefficient (Wildman–Crippen LogP) is 2.47. The minimum Gasteiger partial charge on any atom is -0.484 e. The maximum atomic E-state index is 12.1. The third-order valence-corrected chi connectivity index (χ3v) is 5.42. The average Bonchev–Trinajstić information content (AvgIpc) is 2.61. The lowest BCUT2D eigenvalue weighted by Crippen LogP contribution is -2.31. The van der Waals surface area contributed by atoms with Crippen LogP contribution in [0.25, 0.3) is 0 Å². The Morgan fingerprint density at radius 1 is 1.15 bits per heavy atom. The molecule has 0 aromatic heterocycles. The Bertz CT molecular complexity index is 894. The molecule has 2 N–H and O–H groups in total. The van der Waals surface area contributed by atoms with Gasteiger partial charge in [0.1, 0.15) is 5.75 Å². The van der Waals surface area contributed by atoms with Crippen LogP contribution in [0.1, 0.15) is 29.7 Å². The second-order valence-corrected chi connectivity index (χ2v) is 8.01. The fourth-order valence-electron chi connectivity index (χ4n) is 2.54. The lowest BCUT2D eigenvalue weighted by atomic mass is 10.1. The lowest BCUT2D eigenvalue weighted by Gasteiger charge is -2.16. The van der Waals surface area contributed by atoms with Crippen molar-refractivity contribution in [1.29, 1.82) is 0 Å². The Hall–Kier alpha value is -2.38. The van der Waals surface area contributed by atoms with Gasteiger partial charge in [0, 0.05) is 0 Å². The minimum atomic E-state index is -3.52. The first kappa shape index (κ1) is 19.9. The Balaban J connectivity index is 2.00. The van der Waals surface area contributed by atoms with E-state index >= 15 is 0 Å². The summed E-state index contributed by atoms with van der Waals surface area (Å²) in [6, 6.07) is 11.9. The van der Waals surface area contributed by atoms with E-state index in [1.165, 1.54) is 13.1 Å². The molecular formula is C19H24N2O4S. The first-order valence-corrected chi connectivity index (χ1v) is 9.74. The molecule has 140 valence electrons. The van der Waals surface area contributed by atoms with E-state index < -0.39 is 10.0 Å². The van der Waals surface area contributed by atoms with Gasteiger partial charge in [-0.05, 0) is 57.1 Å². The highest BCUT2D eigenvalue weighted by atomic mass is 32.2. The summed E-state index contributed by atoms with van der Waals surface area (Å²) in [6.07, 6.45) is 0. The Morgan fingerprint density at radius 2 is 1.88 bits per heavy atom. The van der Waals surface area contributed by atoms with Crippen molar-refractivity contribution in [3.8, 4) is 5.75 Å². The molecule has 0 spiro atoms. The SMILES string of the molecule is CNS(=O)(=O)c1cccc(C(C)NC(=O)COc2ccc(C)cc2C)c1. The number of amides is 1. The zero-order chi connectivity index (χ0) is 19.3. The number of aryl methyl sites for hydroxylation is 2. The van der Waals surface area contributed by atoms with Gasteiger partial charge in [-0.3, -0.25) is 4.79 Å². The van der Waals surface area contributed by atoms with Crippen molar-refractivity contribution in [3.63, 3.8) is 0 Å². The molecule has 1 amide bonds. The molecule has 1 atom stereocenters. The van der Waals surface area contributed by atoms with Crippen molar-refractivity contribution in [1.82, 2.24) is 10.0 Å². The molecule has 0 radical (unpaired) electrons. The minimum absolute atomic E-state index is 0.108. The van der Waals surface area contributed by atoms with Crippen LogP contribution in [0.2, 0.25) is 0 Å². The Morgan fingerprint density at radius 3 is 2.54 bits per heavy atom. The molecule has 2 rings (SSSR count). The van der Waals surface area contributed by atoms with Gasteiger partial charge < -0.3 is 10.1 Å². The van der Waals surface area contributed by atoms with E-state index in [0.717, 1.165) is 11.1 Å². The number of benzene rings is 2. The van der Waals surface area contributed by atoms with Gasteiger partial charge in [0.05, 0.1) is 10.9 Å². The molecule has 26 heavy (non-hydrogen) atoms. The normalized spacial score (nSPS) is 12.5. The molecule has 0 aliphatic rings. The maximum Gasteiger partial charge on any atom is 0.258 e. The van der Waals surface area contributed by atoms with Crippen LogP contribution in [0.15, 0.2) is 47.4 Å². The smallest absolute Gasteiger partial charge is 0.258 e. The van der Waals surface area contributed by atoms with Crippen LogP contribution in [0.3, 0.4) is 0 Å². The lowest BCUT2D eigenvalue weighted by molar-refractivity contribution is -0.123. The van der Waals surface area contributed by atoms with E-state index in [-0.39, 0.29) is 23.5 Å². The highest BCUT2D eigenvalue weighted by Crippen LogP contribution is 2.19. The first-order chi connectivity index (χ1) is 12.2. The monoisotopic (exact) mass is 376 g/mol.